The molecule has 1 aromatic rings. The number of aliphatic hydroxyl groups excluding tert-OH is 1. The molecule has 1 saturated carbocycles. The van der Waals surface area contributed by atoms with Gasteiger partial charge in [0, 0.05) is 12.8 Å². The average Bonchev–Trinajstić information content (AvgIpc) is 2.61. The molecule has 2 aliphatic rings. The van der Waals surface area contributed by atoms with E-state index in [1.807, 2.05) is 30.3 Å². The molecule has 1 spiro atoms. The van der Waals surface area contributed by atoms with Gasteiger partial charge in [0.2, 0.25) is 5.79 Å². The fraction of sp³-hybridized carbons (Fsp3) is 0.579. The lowest BCUT2D eigenvalue weighted by Crippen LogP contribution is -2.46. The number of rotatable bonds is 5. The summed E-state index contributed by atoms with van der Waals surface area (Å²) in [6, 6.07) is 9.68. The summed E-state index contributed by atoms with van der Waals surface area (Å²) >= 11 is 0. The monoisotopic (exact) mass is 318 g/mol. The molecule has 126 valence electrons. The quantitative estimate of drug-likeness (QED) is 0.657. The molecule has 0 bridgehead atoms. The molecule has 1 saturated heterocycles. The van der Waals surface area contributed by atoms with Crippen molar-refractivity contribution in [3.8, 4) is 0 Å². The lowest BCUT2D eigenvalue weighted by atomic mass is 9.94. The zero-order chi connectivity index (χ0) is 16.1. The van der Waals surface area contributed by atoms with Crippen molar-refractivity contribution in [2.45, 2.75) is 62.9 Å². The molecular formula is C19H26O4. The Bertz CT molecular complexity index is 497. The standard InChI is InChI=1S/C19H26O4/c1-15(10-11-17(20)16-8-4-2-5-9-16)18-14-21-19(23-22-18)12-6-3-7-13-19/h2,4-5,8-9,17-18,20H,1,3,6-7,10-14H2. The van der Waals surface area contributed by atoms with Crippen LogP contribution in [0.3, 0.4) is 0 Å². The zero-order valence-electron chi connectivity index (χ0n) is 13.6. The molecule has 2 atom stereocenters. The molecule has 4 nitrogen and oxygen atoms in total. The maximum atomic E-state index is 10.2. The Kier molecular flexibility index (Phi) is 5.49. The normalized spacial score (nSPS) is 25.2. The van der Waals surface area contributed by atoms with E-state index in [2.05, 4.69) is 6.58 Å². The van der Waals surface area contributed by atoms with Crippen LogP contribution in [-0.2, 0) is 14.5 Å². The minimum atomic E-state index is -0.529. The molecule has 0 amide bonds. The summed E-state index contributed by atoms with van der Waals surface area (Å²) < 4.78 is 5.96. The maximum absolute atomic E-state index is 10.2. The minimum absolute atomic E-state index is 0.245. The summed E-state index contributed by atoms with van der Waals surface area (Å²) in [6.07, 6.45) is 5.86. The van der Waals surface area contributed by atoms with E-state index in [-0.39, 0.29) is 6.10 Å². The molecule has 2 unspecified atom stereocenters. The van der Waals surface area contributed by atoms with Crippen molar-refractivity contribution in [1.29, 1.82) is 0 Å². The average molecular weight is 318 g/mol. The van der Waals surface area contributed by atoms with Crippen molar-refractivity contribution in [2.24, 2.45) is 0 Å². The van der Waals surface area contributed by atoms with Gasteiger partial charge in [0.15, 0.2) is 0 Å². The second-order valence-corrected chi connectivity index (χ2v) is 6.57. The highest BCUT2D eigenvalue weighted by molar-refractivity contribution is 5.17. The lowest BCUT2D eigenvalue weighted by Gasteiger charge is -2.41. The van der Waals surface area contributed by atoms with E-state index in [1.54, 1.807) is 0 Å². The highest BCUT2D eigenvalue weighted by Gasteiger charge is 2.40. The lowest BCUT2D eigenvalue weighted by molar-refractivity contribution is -0.486. The Morgan fingerprint density at radius 3 is 2.61 bits per heavy atom. The smallest absolute Gasteiger partial charge is 0.201 e. The van der Waals surface area contributed by atoms with Crippen LogP contribution in [0.15, 0.2) is 42.5 Å². The van der Waals surface area contributed by atoms with Gasteiger partial charge in [-0.15, -0.1) is 0 Å². The van der Waals surface area contributed by atoms with E-state index in [4.69, 9.17) is 14.5 Å². The highest BCUT2D eigenvalue weighted by Crippen LogP contribution is 2.37. The third kappa shape index (κ3) is 4.21. The Hall–Kier alpha value is -1.20. The van der Waals surface area contributed by atoms with Gasteiger partial charge in [-0.25, -0.2) is 9.78 Å². The fourth-order valence-electron chi connectivity index (χ4n) is 3.25. The summed E-state index contributed by atoms with van der Waals surface area (Å²) in [5, 5.41) is 10.2. The fourth-order valence-corrected chi connectivity index (χ4v) is 3.25. The SMILES string of the molecule is C=C(CCC(O)c1ccccc1)C1COC2(CCCCC2)OO1. The van der Waals surface area contributed by atoms with Crippen LogP contribution >= 0.6 is 0 Å². The molecule has 4 heteroatoms. The zero-order valence-corrected chi connectivity index (χ0v) is 13.6. The van der Waals surface area contributed by atoms with Crippen molar-refractivity contribution in [3.63, 3.8) is 0 Å². The van der Waals surface area contributed by atoms with Crippen molar-refractivity contribution in [3.05, 3.63) is 48.0 Å². The molecule has 23 heavy (non-hydrogen) atoms. The highest BCUT2D eigenvalue weighted by atomic mass is 17.2. The van der Waals surface area contributed by atoms with E-state index >= 15 is 0 Å². The molecular weight excluding hydrogens is 292 g/mol. The predicted molar refractivity (Wildman–Crippen MR) is 87.5 cm³/mol. The third-order valence-electron chi connectivity index (χ3n) is 4.81. The molecule has 0 radical (unpaired) electrons. The first-order chi connectivity index (χ1) is 11.2. The van der Waals surface area contributed by atoms with Gasteiger partial charge in [0.25, 0.3) is 0 Å². The van der Waals surface area contributed by atoms with Crippen molar-refractivity contribution >= 4 is 0 Å². The number of hydrogen-bond donors (Lipinski definition) is 1. The van der Waals surface area contributed by atoms with Gasteiger partial charge >= 0.3 is 0 Å². The van der Waals surface area contributed by atoms with Crippen molar-refractivity contribution in [1.82, 2.24) is 0 Å². The van der Waals surface area contributed by atoms with Crippen LogP contribution in [0.5, 0.6) is 0 Å². The summed E-state index contributed by atoms with van der Waals surface area (Å²) in [5.74, 6) is -0.529. The van der Waals surface area contributed by atoms with Gasteiger partial charge in [-0.05, 0) is 36.8 Å². The molecule has 2 fully saturated rings. The molecule has 0 aromatic heterocycles. The van der Waals surface area contributed by atoms with E-state index < -0.39 is 11.9 Å². The number of ether oxygens (including phenoxy) is 1. The van der Waals surface area contributed by atoms with Crippen LogP contribution in [0.25, 0.3) is 0 Å². The van der Waals surface area contributed by atoms with Crippen molar-refractivity contribution in [2.75, 3.05) is 6.61 Å². The molecule has 1 aliphatic carbocycles. The number of hydrogen-bond acceptors (Lipinski definition) is 4. The second-order valence-electron chi connectivity index (χ2n) is 6.57. The molecule has 1 aliphatic heterocycles. The molecule has 1 aromatic carbocycles. The first-order valence-electron chi connectivity index (χ1n) is 8.58. The third-order valence-corrected chi connectivity index (χ3v) is 4.81. The van der Waals surface area contributed by atoms with Crippen LogP contribution in [0, 0.1) is 0 Å². The van der Waals surface area contributed by atoms with Gasteiger partial charge in [-0.1, -0.05) is 43.3 Å². The second kappa shape index (κ2) is 7.58. The number of aliphatic hydroxyl groups is 1. The van der Waals surface area contributed by atoms with Crippen LogP contribution in [0.2, 0.25) is 0 Å². The molecule has 1 heterocycles. The summed E-state index contributed by atoms with van der Waals surface area (Å²) in [7, 11) is 0. The van der Waals surface area contributed by atoms with Gasteiger partial charge in [0.05, 0.1) is 12.7 Å². The van der Waals surface area contributed by atoms with Crippen molar-refractivity contribution < 1.29 is 19.6 Å². The van der Waals surface area contributed by atoms with E-state index in [9.17, 15) is 5.11 Å². The maximum Gasteiger partial charge on any atom is 0.201 e. The van der Waals surface area contributed by atoms with E-state index in [0.717, 1.165) is 36.8 Å². The Morgan fingerprint density at radius 1 is 1.22 bits per heavy atom. The van der Waals surface area contributed by atoms with Gasteiger partial charge in [-0.2, -0.15) is 0 Å². The van der Waals surface area contributed by atoms with Gasteiger partial charge in [0.1, 0.15) is 6.10 Å². The van der Waals surface area contributed by atoms with Gasteiger partial charge in [-0.3, -0.25) is 0 Å². The first kappa shape index (κ1) is 16.7. The predicted octanol–water partition coefficient (Wildman–Crippen LogP) is 4.06. The Labute approximate surface area is 138 Å². The van der Waals surface area contributed by atoms with E-state index in [0.29, 0.717) is 19.4 Å². The largest absolute Gasteiger partial charge is 0.388 e. The summed E-state index contributed by atoms with van der Waals surface area (Å²) in [6.45, 7) is 4.57. The van der Waals surface area contributed by atoms with Crippen LogP contribution < -0.4 is 0 Å². The summed E-state index contributed by atoms with van der Waals surface area (Å²) in [4.78, 5) is 11.2. The van der Waals surface area contributed by atoms with E-state index in [1.165, 1.54) is 6.42 Å². The minimum Gasteiger partial charge on any atom is -0.388 e. The van der Waals surface area contributed by atoms with Crippen LogP contribution in [-0.4, -0.2) is 23.6 Å². The van der Waals surface area contributed by atoms with Gasteiger partial charge < -0.3 is 9.84 Å². The molecule has 1 N–H and O–H groups in total. The van der Waals surface area contributed by atoms with Crippen LogP contribution in [0.4, 0.5) is 0 Å². The Balaban J connectivity index is 1.44. The Morgan fingerprint density at radius 2 is 1.96 bits per heavy atom. The topological polar surface area (TPSA) is 47.9 Å². The first-order valence-corrected chi connectivity index (χ1v) is 8.58. The number of benzene rings is 1. The summed E-state index contributed by atoms with van der Waals surface area (Å²) in [5.41, 5.74) is 1.84. The van der Waals surface area contributed by atoms with Crippen LogP contribution in [0.1, 0.15) is 56.6 Å². The molecule has 3 rings (SSSR count).